The van der Waals surface area contributed by atoms with Crippen molar-refractivity contribution < 1.29 is 0 Å². The van der Waals surface area contributed by atoms with E-state index in [2.05, 4.69) is 4.98 Å². The van der Waals surface area contributed by atoms with Gasteiger partial charge >= 0.3 is 0 Å². The molecule has 0 radical (unpaired) electrons. The van der Waals surface area contributed by atoms with Gasteiger partial charge in [0.1, 0.15) is 0 Å². The third-order valence-corrected chi connectivity index (χ3v) is 2.62. The zero-order valence-electron chi connectivity index (χ0n) is 5.85. The number of hydrogen-bond acceptors (Lipinski definition) is 2. The summed E-state index contributed by atoms with van der Waals surface area (Å²) < 4.78 is 0. The minimum absolute atomic E-state index is 0. The standard InChI is InChI=1S/C6H8ClNS.ClH/c1-4-6(3-7)9-5(2)8-4;/h3H2,1-2H3;1H. The van der Waals surface area contributed by atoms with E-state index in [1.54, 1.807) is 11.3 Å². The molecule has 0 saturated carbocycles. The van der Waals surface area contributed by atoms with E-state index in [9.17, 15) is 0 Å². The molecular formula is C6H9Cl2NS. The summed E-state index contributed by atoms with van der Waals surface area (Å²) in [7, 11) is 0. The summed E-state index contributed by atoms with van der Waals surface area (Å²) in [5, 5.41) is 1.10. The second-order valence-corrected chi connectivity index (χ2v) is 3.43. The molecule has 0 aliphatic carbocycles. The first kappa shape index (κ1) is 10.2. The van der Waals surface area contributed by atoms with Gasteiger partial charge in [-0.15, -0.1) is 35.3 Å². The lowest BCUT2D eigenvalue weighted by atomic mass is 10.4. The Labute approximate surface area is 75.8 Å². The van der Waals surface area contributed by atoms with E-state index in [0.717, 1.165) is 10.7 Å². The minimum Gasteiger partial charge on any atom is -0.247 e. The molecule has 0 spiro atoms. The predicted molar refractivity (Wildman–Crippen MR) is 48.4 cm³/mol. The van der Waals surface area contributed by atoms with Crippen molar-refractivity contribution in [1.29, 1.82) is 0 Å². The molecule has 1 nitrogen and oxygen atoms in total. The number of halogens is 2. The maximum atomic E-state index is 5.62. The van der Waals surface area contributed by atoms with Crippen LogP contribution in [0.3, 0.4) is 0 Å². The summed E-state index contributed by atoms with van der Waals surface area (Å²) in [6.07, 6.45) is 0. The zero-order chi connectivity index (χ0) is 6.85. The van der Waals surface area contributed by atoms with E-state index in [4.69, 9.17) is 11.6 Å². The third-order valence-electron chi connectivity index (χ3n) is 1.12. The van der Waals surface area contributed by atoms with Crippen LogP contribution in [-0.4, -0.2) is 4.98 Å². The van der Waals surface area contributed by atoms with Crippen molar-refractivity contribution in [1.82, 2.24) is 4.98 Å². The number of hydrogen-bond donors (Lipinski definition) is 0. The molecule has 0 aromatic carbocycles. The smallest absolute Gasteiger partial charge is 0.0900 e. The third kappa shape index (κ3) is 2.11. The van der Waals surface area contributed by atoms with Gasteiger partial charge in [0.2, 0.25) is 0 Å². The monoisotopic (exact) mass is 197 g/mol. The van der Waals surface area contributed by atoms with Gasteiger partial charge in [-0.05, 0) is 13.8 Å². The first-order chi connectivity index (χ1) is 4.24. The van der Waals surface area contributed by atoms with Crippen LogP contribution in [0.15, 0.2) is 0 Å². The van der Waals surface area contributed by atoms with Crippen molar-refractivity contribution in [2.24, 2.45) is 0 Å². The Morgan fingerprint density at radius 2 is 2.10 bits per heavy atom. The van der Waals surface area contributed by atoms with Gasteiger partial charge in [0.25, 0.3) is 0 Å². The second-order valence-electron chi connectivity index (χ2n) is 1.88. The number of thiazole rings is 1. The Morgan fingerprint density at radius 3 is 2.30 bits per heavy atom. The van der Waals surface area contributed by atoms with Gasteiger partial charge in [-0.2, -0.15) is 0 Å². The first-order valence-electron chi connectivity index (χ1n) is 2.73. The normalized spacial score (nSPS) is 9.10. The molecule has 0 unspecified atom stereocenters. The summed E-state index contributed by atoms with van der Waals surface area (Å²) in [6, 6.07) is 0. The summed E-state index contributed by atoms with van der Waals surface area (Å²) in [5.74, 6) is 0.595. The average Bonchev–Trinajstić information content (AvgIpc) is 2.10. The molecule has 10 heavy (non-hydrogen) atoms. The molecule has 1 rings (SSSR count). The van der Waals surface area contributed by atoms with Crippen LogP contribution in [0.1, 0.15) is 15.6 Å². The Morgan fingerprint density at radius 1 is 1.50 bits per heavy atom. The Bertz CT molecular complexity index is 210. The van der Waals surface area contributed by atoms with Crippen LogP contribution < -0.4 is 0 Å². The SMILES string of the molecule is Cc1nc(C)c(CCl)s1.Cl. The fraction of sp³-hybridized carbons (Fsp3) is 0.500. The number of rotatable bonds is 1. The van der Waals surface area contributed by atoms with E-state index in [0.29, 0.717) is 5.88 Å². The van der Waals surface area contributed by atoms with Gasteiger partial charge in [-0.3, -0.25) is 0 Å². The van der Waals surface area contributed by atoms with Gasteiger partial charge in [0.05, 0.1) is 16.6 Å². The van der Waals surface area contributed by atoms with Crippen LogP contribution in [0.25, 0.3) is 0 Å². The number of alkyl halides is 1. The van der Waals surface area contributed by atoms with E-state index < -0.39 is 0 Å². The van der Waals surface area contributed by atoms with E-state index >= 15 is 0 Å². The number of aromatic nitrogens is 1. The molecule has 0 amide bonds. The van der Waals surface area contributed by atoms with Crippen LogP contribution in [0.4, 0.5) is 0 Å². The highest BCUT2D eigenvalue weighted by Gasteiger charge is 2.00. The Hall–Kier alpha value is 0.210. The van der Waals surface area contributed by atoms with Crippen LogP contribution in [-0.2, 0) is 5.88 Å². The molecule has 0 fully saturated rings. The molecule has 1 heterocycles. The molecule has 1 aromatic heterocycles. The molecule has 0 atom stereocenters. The summed E-state index contributed by atoms with van der Waals surface area (Å²) in [4.78, 5) is 5.41. The van der Waals surface area contributed by atoms with Crippen LogP contribution in [0.5, 0.6) is 0 Å². The van der Waals surface area contributed by atoms with E-state index in [1.807, 2.05) is 13.8 Å². The zero-order valence-corrected chi connectivity index (χ0v) is 8.24. The molecule has 0 saturated heterocycles. The van der Waals surface area contributed by atoms with Gasteiger partial charge in [-0.25, -0.2) is 4.98 Å². The Kier molecular flexibility index (Phi) is 4.25. The largest absolute Gasteiger partial charge is 0.247 e. The molecule has 0 bridgehead atoms. The maximum Gasteiger partial charge on any atom is 0.0900 e. The fourth-order valence-corrected chi connectivity index (χ4v) is 1.84. The van der Waals surface area contributed by atoms with Crippen LogP contribution >= 0.6 is 35.3 Å². The van der Waals surface area contributed by atoms with Crippen molar-refractivity contribution >= 4 is 35.3 Å². The quantitative estimate of drug-likeness (QED) is 0.632. The molecule has 58 valence electrons. The summed E-state index contributed by atoms with van der Waals surface area (Å²) in [5.41, 5.74) is 1.08. The number of aryl methyl sites for hydroxylation is 2. The second kappa shape index (κ2) is 4.16. The molecule has 0 aliphatic heterocycles. The summed E-state index contributed by atoms with van der Waals surface area (Å²) in [6.45, 7) is 3.98. The van der Waals surface area contributed by atoms with Crippen molar-refractivity contribution in [3.63, 3.8) is 0 Å². The van der Waals surface area contributed by atoms with Crippen LogP contribution in [0, 0.1) is 13.8 Å². The molecule has 0 N–H and O–H groups in total. The lowest BCUT2D eigenvalue weighted by molar-refractivity contribution is 1.17. The highest BCUT2D eigenvalue weighted by atomic mass is 35.5. The van der Waals surface area contributed by atoms with Crippen molar-refractivity contribution in [2.75, 3.05) is 0 Å². The topological polar surface area (TPSA) is 12.9 Å². The molecular weight excluding hydrogens is 189 g/mol. The molecule has 0 aliphatic rings. The lowest BCUT2D eigenvalue weighted by Crippen LogP contribution is -1.75. The fourth-order valence-electron chi connectivity index (χ4n) is 0.697. The van der Waals surface area contributed by atoms with Crippen LogP contribution in [0.2, 0.25) is 0 Å². The summed E-state index contributed by atoms with van der Waals surface area (Å²) >= 11 is 7.29. The first-order valence-corrected chi connectivity index (χ1v) is 4.08. The van der Waals surface area contributed by atoms with Gasteiger partial charge in [0.15, 0.2) is 0 Å². The molecule has 1 aromatic rings. The maximum absolute atomic E-state index is 5.62. The van der Waals surface area contributed by atoms with E-state index in [-0.39, 0.29) is 12.4 Å². The minimum atomic E-state index is 0. The van der Waals surface area contributed by atoms with Gasteiger partial charge in [-0.1, -0.05) is 0 Å². The van der Waals surface area contributed by atoms with Crippen molar-refractivity contribution in [3.05, 3.63) is 15.6 Å². The lowest BCUT2D eigenvalue weighted by Gasteiger charge is -1.83. The van der Waals surface area contributed by atoms with Crippen molar-refractivity contribution in [2.45, 2.75) is 19.7 Å². The highest BCUT2D eigenvalue weighted by molar-refractivity contribution is 7.11. The van der Waals surface area contributed by atoms with E-state index in [1.165, 1.54) is 4.88 Å². The van der Waals surface area contributed by atoms with Gasteiger partial charge < -0.3 is 0 Å². The predicted octanol–water partition coefficient (Wildman–Crippen LogP) is 2.92. The average molecular weight is 198 g/mol. The molecule has 4 heteroatoms. The van der Waals surface area contributed by atoms with Gasteiger partial charge in [0, 0.05) is 4.88 Å². The Balaban J connectivity index is 0.000000810. The number of nitrogens with zero attached hydrogens (tertiary/aromatic N) is 1. The highest BCUT2D eigenvalue weighted by Crippen LogP contribution is 2.18. The van der Waals surface area contributed by atoms with Crippen molar-refractivity contribution in [3.8, 4) is 0 Å².